The Morgan fingerprint density at radius 1 is 1.58 bits per heavy atom. The lowest BCUT2D eigenvalue weighted by atomic mass is 9.99. The summed E-state index contributed by atoms with van der Waals surface area (Å²) >= 11 is 5.87. The van der Waals surface area contributed by atoms with Gasteiger partial charge in [0.25, 0.3) is 5.91 Å². The van der Waals surface area contributed by atoms with Gasteiger partial charge in [0.1, 0.15) is 0 Å². The summed E-state index contributed by atoms with van der Waals surface area (Å²) in [6, 6.07) is 4.95. The highest BCUT2D eigenvalue weighted by molar-refractivity contribution is 6.18. The van der Waals surface area contributed by atoms with E-state index in [1.54, 1.807) is 23.1 Å². The second-order valence-electron chi connectivity index (χ2n) is 4.77. The highest BCUT2D eigenvalue weighted by atomic mass is 35.5. The minimum atomic E-state index is -0.161. The second kappa shape index (κ2) is 6.15. The smallest absolute Gasteiger partial charge is 0.257 e. The summed E-state index contributed by atoms with van der Waals surface area (Å²) in [5.74, 6) is 0.964. The van der Waals surface area contributed by atoms with E-state index in [9.17, 15) is 9.90 Å². The Hall–Kier alpha value is -1.42. The lowest BCUT2D eigenvalue weighted by molar-refractivity contribution is 0.0681. The predicted molar refractivity (Wildman–Crippen MR) is 74.0 cm³/mol. The van der Waals surface area contributed by atoms with Gasteiger partial charge in [0, 0.05) is 19.0 Å². The number of ether oxygens (including phenoxy) is 1. The molecule has 104 valence electrons. The largest absolute Gasteiger partial charge is 0.504 e. The zero-order valence-corrected chi connectivity index (χ0v) is 11.7. The maximum Gasteiger partial charge on any atom is 0.257 e. The molecule has 1 aromatic carbocycles. The van der Waals surface area contributed by atoms with E-state index in [1.165, 1.54) is 7.11 Å². The van der Waals surface area contributed by atoms with Gasteiger partial charge >= 0.3 is 0 Å². The Bertz CT molecular complexity index is 464. The highest BCUT2D eigenvalue weighted by Gasteiger charge is 2.26. The number of phenolic OH excluding ortho intramolecular Hbond substituents is 1. The van der Waals surface area contributed by atoms with Crippen molar-refractivity contribution in [2.45, 2.75) is 12.8 Å². The molecule has 1 saturated heterocycles. The number of nitrogens with zero attached hydrogens (tertiary/aromatic N) is 1. The lowest BCUT2D eigenvalue weighted by Gasteiger charge is -2.32. The molecule has 1 atom stereocenters. The van der Waals surface area contributed by atoms with Crippen LogP contribution in [0.2, 0.25) is 0 Å². The molecule has 0 spiro atoms. The van der Waals surface area contributed by atoms with Crippen molar-refractivity contribution in [2.24, 2.45) is 5.92 Å². The molecule has 0 aliphatic carbocycles. The fraction of sp³-hybridized carbons (Fsp3) is 0.500. The molecular formula is C14H18ClNO3. The van der Waals surface area contributed by atoms with Gasteiger partial charge in [0.15, 0.2) is 11.5 Å². The van der Waals surface area contributed by atoms with Crippen LogP contribution in [0.25, 0.3) is 0 Å². The molecule has 1 aliphatic rings. The Morgan fingerprint density at radius 2 is 2.37 bits per heavy atom. The molecule has 0 radical (unpaired) electrons. The third kappa shape index (κ3) is 2.95. The van der Waals surface area contributed by atoms with Crippen molar-refractivity contribution >= 4 is 17.5 Å². The maximum absolute atomic E-state index is 12.4. The first kappa shape index (κ1) is 14.0. The Labute approximate surface area is 117 Å². The first-order chi connectivity index (χ1) is 9.17. The molecule has 1 unspecified atom stereocenters. The van der Waals surface area contributed by atoms with Gasteiger partial charge in [-0.1, -0.05) is 6.07 Å². The van der Waals surface area contributed by atoms with Gasteiger partial charge in [-0.3, -0.25) is 4.79 Å². The standard InChI is InChI=1S/C14H18ClNO3/c1-19-12-6-2-5-11(13(12)17)14(18)16-7-3-4-10(8-15)9-16/h2,5-6,10,17H,3-4,7-9H2,1H3. The van der Waals surface area contributed by atoms with Gasteiger partial charge in [-0.15, -0.1) is 11.6 Å². The van der Waals surface area contributed by atoms with Crippen LogP contribution in [0, 0.1) is 5.92 Å². The number of likely N-dealkylation sites (tertiary alicyclic amines) is 1. The number of alkyl halides is 1. The number of carbonyl (C=O) groups excluding carboxylic acids is 1. The number of aromatic hydroxyl groups is 1. The first-order valence-corrected chi connectivity index (χ1v) is 6.92. The van der Waals surface area contributed by atoms with Crippen LogP contribution >= 0.6 is 11.6 Å². The molecule has 4 nitrogen and oxygen atoms in total. The summed E-state index contributed by atoms with van der Waals surface area (Å²) in [5.41, 5.74) is 0.287. The molecule has 1 heterocycles. The summed E-state index contributed by atoms with van der Waals surface area (Å²) in [6.45, 7) is 1.36. The molecule has 2 rings (SSSR count). The van der Waals surface area contributed by atoms with Crippen LogP contribution in [0.3, 0.4) is 0 Å². The average Bonchev–Trinajstić information content (AvgIpc) is 2.47. The van der Waals surface area contributed by atoms with Gasteiger partial charge in [-0.25, -0.2) is 0 Å². The molecule has 1 N–H and O–H groups in total. The van der Waals surface area contributed by atoms with E-state index in [-0.39, 0.29) is 17.2 Å². The second-order valence-corrected chi connectivity index (χ2v) is 5.08. The number of hydrogen-bond donors (Lipinski definition) is 1. The summed E-state index contributed by atoms with van der Waals surface area (Å²) in [5, 5.41) is 10.0. The van der Waals surface area contributed by atoms with Crippen molar-refractivity contribution in [3.05, 3.63) is 23.8 Å². The quantitative estimate of drug-likeness (QED) is 0.867. The van der Waals surface area contributed by atoms with Crippen LogP contribution in [-0.4, -0.2) is 42.0 Å². The summed E-state index contributed by atoms with van der Waals surface area (Å²) < 4.78 is 5.02. The van der Waals surface area contributed by atoms with E-state index < -0.39 is 0 Å². The van der Waals surface area contributed by atoms with Crippen LogP contribution in [0.15, 0.2) is 18.2 Å². The molecule has 1 aliphatic heterocycles. The molecule has 0 saturated carbocycles. The number of piperidine rings is 1. The molecule has 1 fully saturated rings. The van der Waals surface area contributed by atoms with Gasteiger partial charge in [-0.2, -0.15) is 0 Å². The van der Waals surface area contributed by atoms with Crippen molar-refractivity contribution in [3.8, 4) is 11.5 Å². The van der Waals surface area contributed by atoms with E-state index in [2.05, 4.69) is 0 Å². The maximum atomic E-state index is 12.4. The number of amides is 1. The minimum absolute atomic E-state index is 0.0944. The van der Waals surface area contributed by atoms with Gasteiger partial charge in [-0.05, 0) is 30.9 Å². The third-order valence-electron chi connectivity index (χ3n) is 3.47. The SMILES string of the molecule is COc1cccc(C(=O)N2CCCC(CCl)C2)c1O. The first-order valence-electron chi connectivity index (χ1n) is 6.38. The number of phenols is 1. The van der Waals surface area contributed by atoms with E-state index in [0.29, 0.717) is 30.6 Å². The third-order valence-corrected chi connectivity index (χ3v) is 3.91. The van der Waals surface area contributed by atoms with Crippen LogP contribution < -0.4 is 4.74 Å². The van der Waals surface area contributed by atoms with Crippen molar-refractivity contribution < 1.29 is 14.6 Å². The predicted octanol–water partition coefficient (Wildman–Crippen LogP) is 2.49. The average molecular weight is 284 g/mol. The molecular weight excluding hydrogens is 266 g/mol. The molecule has 1 amide bonds. The summed E-state index contributed by atoms with van der Waals surface area (Å²) in [6.07, 6.45) is 2.01. The van der Waals surface area contributed by atoms with E-state index >= 15 is 0 Å². The zero-order valence-electron chi connectivity index (χ0n) is 10.9. The summed E-state index contributed by atoms with van der Waals surface area (Å²) in [7, 11) is 1.47. The molecule has 0 aromatic heterocycles. The van der Waals surface area contributed by atoms with E-state index in [1.807, 2.05) is 0 Å². The Morgan fingerprint density at radius 3 is 3.05 bits per heavy atom. The molecule has 19 heavy (non-hydrogen) atoms. The van der Waals surface area contributed by atoms with Gasteiger partial charge < -0.3 is 14.7 Å². The fourth-order valence-electron chi connectivity index (χ4n) is 2.41. The van der Waals surface area contributed by atoms with Crippen LogP contribution in [0.1, 0.15) is 23.2 Å². The van der Waals surface area contributed by atoms with E-state index in [0.717, 1.165) is 12.8 Å². The molecule has 0 bridgehead atoms. The number of methoxy groups -OCH3 is 1. The van der Waals surface area contributed by atoms with Crippen molar-refractivity contribution in [2.75, 3.05) is 26.1 Å². The highest BCUT2D eigenvalue weighted by Crippen LogP contribution is 2.31. The number of halogens is 1. The number of para-hydroxylation sites is 1. The van der Waals surface area contributed by atoms with E-state index in [4.69, 9.17) is 16.3 Å². The topological polar surface area (TPSA) is 49.8 Å². The van der Waals surface area contributed by atoms with Crippen LogP contribution in [-0.2, 0) is 0 Å². The van der Waals surface area contributed by atoms with Crippen molar-refractivity contribution in [3.63, 3.8) is 0 Å². The minimum Gasteiger partial charge on any atom is -0.504 e. The van der Waals surface area contributed by atoms with Crippen LogP contribution in [0.5, 0.6) is 11.5 Å². The van der Waals surface area contributed by atoms with Gasteiger partial charge in [0.05, 0.1) is 12.7 Å². The number of rotatable bonds is 3. The fourth-order valence-corrected chi connectivity index (χ4v) is 2.66. The Kier molecular flexibility index (Phi) is 4.53. The van der Waals surface area contributed by atoms with Crippen LogP contribution in [0.4, 0.5) is 0 Å². The van der Waals surface area contributed by atoms with Gasteiger partial charge in [0.2, 0.25) is 0 Å². The Balaban J connectivity index is 2.19. The monoisotopic (exact) mass is 283 g/mol. The summed E-state index contributed by atoms with van der Waals surface area (Å²) in [4.78, 5) is 14.2. The molecule has 1 aromatic rings. The molecule has 5 heteroatoms. The normalized spacial score (nSPS) is 19.3. The lowest BCUT2D eigenvalue weighted by Crippen LogP contribution is -2.40. The zero-order chi connectivity index (χ0) is 13.8. The number of hydrogen-bond acceptors (Lipinski definition) is 3. The van der Waals surface area contributed by atoms with Crippen molar-refractivity contribution in [1.29, 1.82) is 0 Å². The van der Waals surface area contributed by atoms with Crippen molar-refractivity contribution in [1.82, 2.24) is 4.90 Å². The number of carbonyl (C=O) groups is 1. The number of benzene rings is 1.